The zero-order valence-corrected chi connectivity index (χ0v) is 24.7. The lowest BCUT2D eigenvalue weighted by Crippen LogP contribution is -2.54. The number of ether oxygens (including phenoxy) is 2. The van der Waals surface area contributed by atoms with Crippen molar-refractivity contribution in [3.8, 4) is 18.1 Å². The molecule has 0 aromatic heterocycles. The molecule has 0 aliphatic heterocycles. The van der Waals surface area contributed by atoms with E-state index in [-0.39, 0.29) is 6.54 Å². The van der Waals surface area contributed by atoms with Gasteiger partial charge >= 0.3 is 6.09 Å². The SMILES string of the molecule is C#Cc1ccccc1C(C(=O)Nc1ccc(OC)cc1)N(CCCCCCC)C(=O)C(CO)NC(=O)OC(C)(C)C. The van der Waals surface area contributed by atoms with E-state index in [4.69, 9.17) is 15.9 Å². The van der Waals surface area contributed by atoms with Crippen molar-refractivity contribution in [3.05, 3.63) is 59.7 Å². The van der Waals surface area contributed by atoms with Gasteiger partial charge in [-0.1, -0.05) is 56.7 Å². The van der Waals surface area contributed by atoms with Crippen LogP contribution in [0.1, 0.15) is 77.0 Å². The van der Waals surface area contributed by atoms with E-state index in [0.29, 0.717) is 29.0 Å². The number of anilines is 1. The summed E-state index contributed by atoms with van der Waals surface area (Å²) in [6, 6.07) is 11.2. The van der Waals surface area contributed by atoms with E-state index in [0.717, 1.165) is 25.7 Å². The van der Waals surface area contributed by atoms with Crippen LogP contribution < -0.4 is 15.4 Å². The smallest absolute Gasteiger partial charge is 0.408 e. The van der Waals surface area contributed by atoms with E-state index in [1.807, 2.05) is 0 Å². The van der Waals surface area contributed by atoms with Crippen molar-refractivity contribution in [2.75, 3.05) is 25.6 Å². The lowest BCUT2D eigenvalue weighted by Gasteiger charge is -2.34. The van der Waals surface area contributed by atoms with Gasteiger partial charge in [0.15, 0.2) is 0 Å². The first-order valence-corrected chi connectivity index (χ1v) is 14.0. The Kier molecular flexibility index (Phi) is 13.2. The minimum absolute atomic E-state index is 0.203. The number of aliphatic hydroxyl groups is 1. The highest BCUT2D eigenvalue weighted by Gasteiger charge is 2.37. The summed E-state index contributed by atoms with van der Waals surface area (Å²) >= 11 is 0. The van der Waals surface area contributed by atoms with Crippen LogP contribution in [0.3, 0.4) is 0 Å². The molecule has 0 spiro atoms. The number of carbonyl (C=O) groups excluding carboxylic acids is 3. The summed E-state index contributed by atoms with van der Waals surface area (Å²) in [6.45, 7) is 6.71. The molecule has 222 valence electrons. The first kappa shape index (κ1) is 33.2. The van der Waals surface area contributed by atoms with Crippen LogP contribution in [0.2, 0.25) is 0 Å². The molecule has 0 radical (unpaired) electrons. The van der Waals surface area contributed by atoms with Crippen molar-refractivity contribution < 1.29 is 29.0 Å². The molecule has 2 aromatic carbocycles. The number of methoxy groups -OCH3 is 1. The molecule has 0 aliphatic carbocycles. The van der Waals surface area contributed by atoms with Crippen LogP contribution in [-0.4, -0.2) is 59.8 Å². The third-order valence-electron chi connectivity index (χ3n) is 6.29. The predicted molar refractivity (Wildman–Crippen MR) is 159 cm³/mol. The maximum atomic E-state index is 14.0. The van der Waals surface area contributed by atoms with Crippen LogP contribution in [0.5, 0.6) is 5.75 Å². The Hall–Kier alpha value is -4.03. The molecule has 2 aromatic rings. The molecular formula is C32H43N3O6. The molecule has 0 saturated heterocycles. The molecule has 3 amide bonds. The standard InChI is InChI=1S/C32H43N3O6/c1-7-9-10-11-14-21-35(30(38)27(22-36)34-31(39)41-32(3,4)5)28(26-16-13-12-15-23(26)8-2)29(37)33-24-17-19-25(40-6)20-18-24/h2,12-13,15-20,27-28,36H,7,9-11,14,21-22H2,1,3-6H3,(H,33,37)(H,34,39). The van der Waals surface area contributed by atoms with E-state index in [2.05, 4.69) is 23.5 Å². The number of carbonyl (C=O) groups is 3. The lowest BCUT2D eigenvalue weighted by molar-refractivity contribution is -0.141. The van der Waals surface area contributed by atoms with E-state index in [9.17, 15) is 19.5 Å². The summed E-state index contributed by atoms with van der Waals surface area (Å²) in [5.74, 6) is 2.12. The highest BCUT2D eigenvalue weighted by atomic mass is 16.6. The molecule has 0 bridgehead atoms. The van der Waals surface area contributed by atoms with Crippen LogP contribution >= 0.6 is 0 Å². The number of hydrogen-bond acceptors (Lipinski definition) is 6. The third-order valence-corrected chi connectivity index (χ3v) is 6.29. The lowest BCUT2D eigenvalue weighted by atomic mass is 9.97. The Bertz CT molecular complexity index is 1180. The van der Waals surface area contributed by atoms with Gasteiger partial charge in [-0.05, 0) is 63.1 Å². The molecule has 9 nitrogen and oxygen atoms in total. The van der Waals surface area contributed by atoms with Gasteiger partial charge in [-0.25, -0.2) is 4.79 Å². The van der Waals surface area contributed by atoms with Crippen molar-refractivity contribution in [2.24, 2.45) is 0 Å². The van der Waals surface area contributed by atoms with Crippen LogP contribution in [0.4, 0.5) is 10.5 Å². The monoisotopic (exact) mass is 565 g/mol. The number of aliphatic hydroxyl groups excluding tert-OH is 1. The Morgan fingerprint density at radius 2 is 1.68 bits per heavy atom. The van der Waals surface area contributed by atoms with Gasteiger partial charge in [0.1, 0.15) is 23.4 Å². The Balaban J connectivity index is 2.52. The highest BCUT2D eigenvalue weighted by Crippen LogP contribution is 2.28. The quantitative estimate of drug-likeness (QED) is 0.218. The average Bonchev–Trinajstić information content (AvgIpc) is 2.94. The molecule has 0 saturated carbocycles. The van der Waals surface area contributed by atoms with E-state index in [1.165, 1.54) is 4.90 Å². The van der Waals surface area contributed by atoms with Gasteiger partial charge in [0.2, 0.25) is 5.91 Å². The summed E-state index contributed by atoms with van der Waals surface area (Å²) in [4.78, 5) is 41.9. The number of unbranched alkanes of at least 4 members (excludes halogenated alkanes) is 4. The van der Waals surface area contributed by atoms with Crippen LogP contribution in [0, 0.1) is 12.3 Å². The van der Waals surface area contributed by atoms with Crippen LogP contribution in [-0.2, 0) is 14.3 Å². The predicted octanol–water partition coefficient (Wildman–Crippen LogP) is 5.04. The van der Waals surface area contributed by atoms with E-state index >= 15 is 0 Å². The van der Waals surface area contributed by atoms with Crippen molar-refractivity contribution in [1.82, 2.24) is 10.2 Å². The zero-order valence-electron chi connectivity index (χ0n) is 24.7. The number of nitrogens with one attached hydrogen (secondary N) is 2. The highest BCUT2D eigenvalue weighted by molar-refractivity contribution is 5.99. The van der Waals surface area contributed by atoms with Gasteiger partial charge in [0, 0.05) is 17.8 Å². The molecule has 2 atom stereocenters. The fraction of sp³-hybridized carbons (Fsp3) is 0.469. The third kappa shape index (κ3) is 10.5. The maximum absolute atomic E-state index is 14.0. The van der Waals surface area contributed by atoms with Gasteiger partial charge in [0.25, 0.3) is 5.91 Å². The Morgan fingerprint density at radius 1 is 1.02 bits per heavy atom. The number of terminal acetylenes is 1. The average molecular weight is 566 g/mol. The molecule has 3 N–H and O–H groups in total. The molecule has 2 rings (SSSR count). The molecule has 0 aliphatic rings. The molecule has 2 unspecified atom stereocenters. The molecule has 0 fully saturated rings. The molecular weight excluding hydrogens is 522 g/mol. The van der Waals surface area contributed by atoms with Gasteiger partial charge in [-0.3, -0.25) is 9.59 Å². The van der Waals surface area contributed by atoms with Crippen molar-refractivity contribution in [2.45, 2.75) is 77.5 Å². The Labute approximate surface area is 243 Å². The normalized spacial score (nSPS) is 12.4. The fourth-order valence-corrected chi connectivity index (χ4v) is 4.29. The molecule has 0 heterocycles. The summed E-state index contributed by atoms with van der Waals surface area (Å²) in [6.07, 6.45) is 9.48. The fourth-order valence-electron chi connectivity index (χ4n) is 4.29. The minimum Gasteiger partial charge on any atom is -0.497 e. The second kappa shape index (κ2) is 16.3. The first-order chi connectivity index (χ1) is 19.5. The summed E-state index contributed by atoms with van der Waals surface area (Å²) < 4.78 is 10.5. The number of hydrogen-bond donors (Lipinski definition) is 3. The molecule has 9 heteroatoms. The maximum Gasteiger partial charge on any atom is 0.408 e. The largest absolute Gasteiger partial charge is 0.497 e. The van der Waals surface area contributed by atoms with Crippen molar-refractivity contribution >= 4 is 23.6 Å². The van der Waals surface area contributed by atoms with Gasteiger partial charge in [-0.15, -0.1) is 6.42 Å². The van der Waals surface area contributed by atoms with Crippen LogP contribution in [0.15, 0.2) is 48.5 Å². The summed E-state index contributed by atoms with van der Waals surface area (Å²) in [7, 11) is 1.55. The first-order valence-electron chi connectivity index (χ1n) is 14.0. The van der Waals surface area contributed by atoms with E-state index < -0.39 is 42.2 Å². The van der Waals surface area contributed by atoms with Gasteiger partial charge in [0.05, 0.1) is 13.7 Å². The topological polar surface area (TPSA) is 117 Å². The summed E-state index contributed by atoms with van der Waals surface area (Å²) in [5, 5.41) is 15.5. The minimum atomic E-state index is -1.34. The number of alkyl carbamates (subject to hydrolysis) is 1. The number of benzene rings is 2. The number of rotatable bonds is 14. The summed E-state index contributed by atoms with van der Waals surface area (Å²) in [5.41, 5.74) is 0.599. The van der Waals surface area contributed by atoms with Crippen molar-refractivity contribution in [3.63, 3.8) is 0 Å². The van der Waals surface area contributed by atoms with E-state index in [1.54, 1.807) is 76.4 Å². The van der Waals surface area contributed by atoms with Crippen molar-refractivity contribution in [1.29, 1.82) is 0 Å². The zero-order chi connectivity index (χ0) is 30.4. The Morgan fingerprint density at radius 3 is 2.27 bits per heavy atom. The van der Waals surface area contributed by atoms with Crippen LogP contribution in [0.25, 0.3) is 0 Å². The molecule has 41 heavy (non-hydrogen) atoms. The van der Waals surface area contributed by atoms with Gasteiger partial charge < -0.3 is 30.1 Å². The van der Waals surface area contributed by atoms with Gasteiger partial charge in [-0.2, -0.15) is 0 Å². The second-order valence-corrected chi connectivity index (χ2v) is 10.7. The number of nitrogens with zero attached hydrogens (tertiary/aromatic N) is 1. The number of amides is 3. The second-order valence-electron chi connectivity index (χ2n) is 10.7.